The van der Waals surface area contributed by atoms with Crippen molar-refractivity contribution in [2.75, 3.05) is 31.6 Å². The van der Waals surface area contributed by atoms with Crippen molar-refractivity contribution in [1.82, 2.24) is 14.9 Å². The Hall–Kier alpha value is -1.57. The van der Waals surface area contributed by atoms with Crippen LogP contribution >= 0.6 is 11.6 Å². The molecule has 1 aliphatic rings. The number of aromatic nitrogens is 2. The maximum Gasteiger partial charge on any atom is 0.433 e. The summed E-state index contributed by atoms with van der Waals surface area (Å²) < 4.78 is 37.8. The molecule has 5 nitrogen and oxygen atoms in total. The van der Waals surface area contributed by atoms with Crippen LogP contribution in [0.5, 0.6) is 0 Å². The summed E-state index contributed by atoms with van der Waals surface area (Å²) in [6, 6.07) is 0.796. The molecule has 1 aromatic rings. The molecule has 1 fully saturated rings. The van der Waals surface area contributed by atoms with E-state index in [2.05, 4.69) is 9.97 Å². The third-order valence-electron chi connectivity index (χ3n) is 2.76. The third kappa shape index (κ3) is 3.06. The van der Waals surface area contributed by atoms with E-state index in [1.807, 2.05) is 0 Å². The summed E-state index contributed by atoms with van der Waals surface area (Å²) in [5.74, 6) is -0.177. The van der Waals surface area contributed by atoms with Crippen LogP contribution in [0.1, 0.15) is 5.69 Å². The minimum absolute atomic E-state index is 0.00813. The molecule has 9 heteroatoms. The van der Waals surface area contributed by atoms with Crippen molar-refractivity contribution < 1.29 is 18.0 Å². The van der Waals surface area contributed by atoms with E-state index in [-0.39, 0.29) is 18.3 Å². The molecule has 0 spiro atoms. The van der Waals surface area contributed by atoms with Gasteiger partial charge in [-0.15, -0.1) is 0 Å². The van der Waals surface area contributed by atoms with Crippen molar-refractivity contribution in [1.29, 1.82) is 0 Å². The van der Waals surface area contributed by atoms with Gasteiger partial charge in [-0.25, -0.2) is 9.97 Å². The molecule has 0 atom stereocenters. The van der Waals surface area contributed by atoms with Crippen LogP contribution in [-0.4, -0.2) is 47.5 Å². The number of halogens is 4. The standard InChI is InChI=1S/C10H10ClF3N4O/c1-17-2-3-18(5-8(17)19)7-4-6(10(12,13)14)15-9(11)16-7/h4H,2-3,5H2,1H3. The monoisotopic (exact) mass is 294 g/mol. The van der Waals surface area contributed by atoms with Crippen LogP contribution in [0.3, 0.4) is 0 Å². The number of piperazine rings is 1. The molecular weight excluding hydrogens is 285 g/mol. The maximum atomic E-state index is 12.6. The minimum Gasteiger partial charge on any atom is -0.345 e. The number of carbonyl (C=O) groups is 1. The summed E-state index contributed by atoms with van der Waals surface area (Å²) in [6.07, 6.45) is -4.60. The van der Waals surface area contributed by atoms with Crippen molar-refractivity contribution >= 4 is 23.3 Å². The van der Waals surface area contributed by atoms with E-state index in [0.717, 1.165) is 6.07 Å². The van der Waals surface area contributed by atoms with Crippen molar-refractivity contribution in [3.05, 3.63) is 17.0 Å². The molecule has 1 amide bonds. The average Bonchev–Trinajstić information content (AvgIpc) is 2.31. The first-order valence-corrected chi connectivity index (χ1v) is 5.76. The Morgan fingerprint density at radius 2 is 2.00 bits per heavy atom. The fraction of sp³-hybridized carbons (Fsp3) is 0.500. The second-order valence-electron chi connectivity index (χ2n) is 4.12. The van der Waals surface area contributed by atoms with Crippen molar-refractivity contribution in [3.8, 4) is 0 Å². The zero-order chi connectivity index (χ0) is 14.2. The summed E-state index contributed by atoms with van der Waals surface area (Å²) in [5.41, 5.74) is -1.12. The highest BCUT2D eigenvalue weighted by atomic mass is 35.5. The predicted molar refractivity (Wildman–Crippen MR) is 61.9 cm³/mol. The van der Waals surface area contributed by atoms with Crippen molar-refractivity contribution in [2.24, 2.45) is 0 Å². The first kappa shape index (κ1) is 13.9. The Morgan fingerprint density at radius 3 is 2.58 bits per heavy atom. The van der Waals surface area contributed by atoms with Gasteiger partial charge in [0.15, 0.2) is 5.69 Å². The third-order valence-corrected chi connectivity index (χ3v) is 2.93. The zero-order valence-corrected chi connectivity index (χ0v) is 10.7. The highest BCUT2D eigenvalue weighted by Crippen LogP contribution is 2.30. The molecule has 0 radical (unpaired) electrons. The number of hydrogen-bond acceptors (Lipinski definition) is 4. The van der Waals surface area contributed by atoms with Crippen LogP contribution in [-0.2, 0) is 11.0 Å². The van der Waals surface area contributed by atoms with Crippen LogP contribution in [0.4, 0.5) is 19.0 Å². The number of carbonyl (C=O) groups excluding carboxylic acids is 1. The van der Waals surface area contributed by atoms with Gasteiger partial charge in [0.1, 0.15) is 5.82 Å². The summed E-state index contributed by atoms with van der Waals surface area (Å²) in [5, 5.41) is -0.490. The van der Waals surface area contributed by atoms with E-state index < -0.39 is 17.2 Å². The number of amides is 1. The lowest BCUT2D eigenvalue weighted by Crippen LogP contribution is -2.48. The molecule has 104 valence electrons. The lowest BCUT2D eigenvalue weighted by Gasteiger charge is -2.32. The molecule has 1 aliphatic heterocycles. The van der Waals surface area contributed by atoms with E-state index in [1.165, 1.54) is 9.80 Å². The summed E-state index contributed by atoms with van der Waals surface area (Å²) >= 11 is 5.50. The van der Waals surface area contributed by atoms with Gasteiger partial charge in [0.05, 0.1) is 6.54 Å². The fourth-order valence-electron chi connectivity index (χ4n) is 1.67. The molecule has 2 rings (SSSR count). The van der Waals surface area contributed by atoms with E-state index in [1.54, 1.807) is 7.05 Å². The van der Waals surface area contributed by atoms with Gasteiger partial charge in [-0.05, 0) is 11.6 Å². The van der Waals surface area contributed by atoms with Gasteiger partial charge in [-0.2, -0.15) is 13.2 Å². The topological polar surface area (TPSA) is 49.3 Å². The van der Waals surface area contributed by atoms with Crippen LogP contribution < -0.4 is 4.90 Å². The van der Waals surface area contributed by atoms with Gasteiger partial charge in [0.25, 0.3) is 0 Å². The molecule has 0 unspecified atom stereocenters. The number of anilines is 1. The maximum absolute atomic E-state index is 12.6. The van der Waals surface area contributed by atoms with E-state index in [9.17, 15) is 18.0 Å². The number of alkyl halides is 3. The van der Waals surface area contributed by atoms with Gasteiger partial charge in [-0.1, -0.05) is 0 Å². The second-order valence-corrected chi connectivity index (χ2v) is 4.45. The zero-order valence-electron chi connectivity index (χ0n) is 9.91. The van der Waals surface area contributed by atoms with Gasteiger partial charge in [-0.3, -0.25) is 4.79 Å². The summed E-state index contributed by atoms with van der Waals surface area (Å²) in [6.45, 7) is 0.788. The average molecular weight is 295 g/mol. The normalized spacial score (nSPS) is 17.0. The Labute approximate surface area is 112 Å². The lowest BCUT2D eigenvalue weighted by atomic mass is 10.3. The van der Waals surface area contributed by atoms with Crippen LogP contribution in [0.25, 0.3) is 0 Å². The van der Waals surface area contributed by atoms with Gasteiger partial charge < -0.3 is 9.80 Å². The molecule has 19 heavy (non-hydrogen) atoms. The largest absolute Gasteiger partial charge is 0.433 e. The molecule has 1 saturated heterocycles. The van der Waals surface area contributed by atoms with Crippen LogP contribution in [0, 0.1) is 0 Å². The van der Waals surface area contributed by atoms with Crippen molar-refractivity contribution in [3.63, 3.8) is 0 Å². The van der Waals surface area contributed by atoms with Crippen LogP contribution in [0.15, 0.2) is 6.07 Å². The number of hydrogen-bond donors (Lipinski definition) is 0. The van der Waals surface area contributed by atoms with Gasteiger partial charge in [0.2, 0.25) is 11.2 Å². The quantitative estimate of drug-likeness (QED) is 0.735. The van der Waals surface area contributed by atoms with E-state index in [4.69, 9.17) is 11.6 Å². The lowest BCUT2D eigenvalue weighted by molar-refractivity contribution is -0.141. The minimum atomic E-state index is -4.60. The van der Waals surface area contributed by atoms with E-state index >= 15 is 0 Å². The Kier molecular flexibility index (Phi) is 3.53. The molecule has 1 aromatic heterocycles. The Bertz CT molecular complexity index is 508. The number of nitrogens with zero attached hydrogens (tertiary/aromatic N) is 4. The molecule has 0 N–H and O–H groups in total. The molecule has 0 aromatic carbocycles. The first-order chi connectivity index (χ1) is 8.77. The highest BCUT2D eigenvalue weighted by Gasteiger charge is 2.34. The molecule has 0 saturated carbocycles. The Balaban J connectivity index is 2.30. The molecule has 0 aliphatic carbocycles. The van der Waals surface area contributed by atoms with Crippen LogP contribution in [0.2, 0.25) is 5.28 Å². The summed E-state index contributed by atoms with van der Waals surface area (Å²) in [4.78, 5) is 21.4. The smallest absolute Gasteiger partial charge is 0.345 e. The van der Waals surface area contributed by atoms with Gasteiger partial charge >= 0.3 is 6.18 Å². The summed E-state index contributed by atoms with van der Waals surface area (Å²) in [7, 11) is 1.63. The van der Waals surface area contributed by atoms with E-state index in [0.29, 0.717) is 13.1 Å². The number of likely N-dealkylation sites (N-methyl/N-ethyl adjacent to an activating group) is 1. The second kappa shape index (κ2) is 4.84. The molecular formula is C10H10ClF3N4O. The fourth-order valence-corrected chi connectivity index (χ4v) is 1.84. The molecule has 2 heterocycles. The predicted octanol–water partition coefficient (Wildman–Crippen LogP) is 1.43. The first-order valence-electron chi connectivity index (χ1n) is 5.38. The highest BCUT2D eigenvalue weighted by molar-refractivity contribution is 6.28. The Morgan fingerprint density at radius 1 is 1.32 bits per heavy atom. The van der Waals surface area contributed by atoms with Crippen molar-refractivity contribution in [2.45, 2.75) is 6.18 Å². The number of rotatable bonds is 1. The SMILES string of the molecule is CN1CCN(c2cc(C(F)(F)F)nc(Cl)n2)CC1=O. The van der Waals surface area contributed by atoms with Gasteiger partial charge in [0, 0.05) is 26.2 Å². The molecule has 0 bridgehead atoms.